The Balaban J connectivity index is 1.96. The third-order valence-corrected chi connectivity index (χ3v) is 3.72. The third-order valence-electron chi connectivity index (χ3n) is 3.72. The van der Waals surface area contributed by atoms with Crippen LogP contribution in [0.3, 0.4) is 0 Å². The number of anilines is 1. The maximum Gasteiger partial charge on any atom is 0.251 e. The summed E-state index contributed by atoms with van der Waals surface area (Å²) in [7, 11) is 3.14. The van der Waals surface area contributed by atoms with Crippen molar-refractivity contribution in [2.75, 3.05) is 32.2 Å². The molecule has 25 heavy (non-hydrogen) atoms. The van der Waals surface area contributed by atoms with Crippen molar-refractivity contribution in [1.82, 2.24) is 5.32 Å². The van der Waals surface area contributed by atoms with E-state index in [0.29, 0.717) is 24.4 Å². The second-order valence-corrected chi connectivity index (χ2v) is 5.36. The molecule has 0 aliphatic rings. The number of nitrogens with zero attached hydrogens (tertiary/aromatic N) is 1. The first-order chi connectivity index (χ1) is 12.0. The van der Waals surface area contributed by atoms with Crippen molar-refractivity contribution in [2.24, 2.45) is 0 Å². The zero-order chi connectivity index (χ0) is 18.2. The molecule has 0 unspecified atom stereocenters. The van der Waals surface area contributed by atoms with Crippen LogP contribution < -0.4 is 19.7 Å². The minimum atomic E-state index is -0.211. The van der Waals surface area contributed by atoms with Gasteiger partial charge in [-0.1, -0.05) is 6.07 Å². The molecule has 1 N–H and O–H groups in total. The summed E-state index contributed by atoms with van der Waals surface area (Å²) in [5.74, 6) is 1.03. The highest BCUT2D eigenvalue weighted by molar-refractivity contribution is 5.95. The van der Waals surface area contributed by atoms with E-state index >= 15 is 0 Å². The molecule has 0 aromatic heterocycles. The van der Waals surface area contributed by atoms with Gasteiger partial charge >= 0.3 is 0 Å². The monoisotopic (exact) mass is 342 g/mol. The molecule has 132 valence electrons. The molecule has 0 atom stereocenters. The minimum absolute atomic E-state index is 0.0965. The van der Waals surface area contributed by atoms with E-state index in [1.165, 1.54) is 6.92 Å². The molecule has 2 rings (SSSR count). The number of amides is 2. The maximum atomic E-state index is 12.2. The Bertz CT molecular complexity index is 728. The molecule has 0 bridgehead atoms. The molecule has 2 amide bonds. The quantitative estimate of drug-likeness (QED) is 0.839. The summed E-state index contributed by atoms with van der Waals surface area (Å²) in [6.07, 6.45) is 0. The van der Waals surface area contributed by atoms with Crippen molar-refractivity contribution >= 4 is 17.5 Å². The van der Waals surface area contributed by atoms with E-state index in [0.717, 1.165) is 11.4 Å². The average molecular weight is 342 g/mol. The van der Waals surface area contributed by atoms with Gasteiger partial charge in [0.15, 0.2) is 0 Å². The Morgan fingerprint density at radius 2 is 1.68 bits per heavy atom. The van der Waals surface area contributed by atoms with Crippen LogP contribution in [-0.4, -0.2) is 39.1 Å². The summed E-state index contributed by atoms with van der Waals surface area (Å²) in [4.78, 5) is 25.7. The lowest BCUT2D eigenvalue weighted by molar-refractivity contribution is -0.116. The van der Waals surface area contributed by atoms with E-state index in [-0.39, 0.29) is 11.8 Å². The molecule has 6 nitrogen and oxygen atoms in total. The van der Waals surface area contributed by atoms with Gasteiger partial charge in [0.05, 0.1) is 14.2 Å². The number of rotatable bonds is 7. The summed E-state index contributed by atoms with van der Waals surface area (Å²) < 4.78 is 10.2. The fourth-order valence-corrected chi connectivity index (χ4v) is 2.38. The Labute approximate surface area is 147 Å². The van der Waals surface area contributed by atoms with Crippen molar-refractivity contribution in [1.29, 1.82) is 0 Å². The predicted molar refractivity (Wildman–Crippen MR) is 96.3 cm³/mol. The molecule has 0 aliphatic carbocycles. The van der Waals surface area contributed by atoms with Gasteiger partial charge in [-0.15, -0.1) is 0 Å². The van der Waals surface area contributed by atoms with E-state index in [9.17, 15) is 9.59 Å². The topological polar surface area (TPSA) is 67.9 Å². The fourth-order valence-electron chi connectivity index (χ4n) is 2.38. The van der Waals surface area contributed by atoms with Crippen LogP contribution in [0.5, 0.6) is 11.5 Å². The Kier molecular flexibility index (Phi) is 6.39. The zero-order valence-corrected chi connectivity index (χ0v) is 14.6. The van der Waals surface area contributed by atoms with Gasteiger partial charge < -0.3 is 19.7 Å². The lowest BCUT2D eigenvalue weighted by Gasteiger charge is -2.21. The van der Waals surface area contributed by atoms with Crippen LogP contribution in [0.4, 0.5) is 5.69 Å². The van der Waals surface area contributed by atoms with Crippen LogP contribution in [0.2, 0.25) is 0 Å². The zero-order valence-electron chi connectivity index (χ0n) is 14.6. The lowest BCUT2D eigenvalue weighted by atomic mass is 10.2. The van der Waals surface area contributed by atoms with Crippen LogP contribution in [0.25, 0.3) is 0 Å². The average Bonchev–Trinajstić information content (AvgIpc) is 2.65. The van der Waals surface area contributed by atoms with Gasteiger partial charge in [-0.2, -0.15) is 0 Å². The molecule has 6 heteroatoms. The largest absolute Gasteiger partial charge is 0.497 e. The molecule has 2 aromatic rings. The van der Waals surface area contributed by atoms with Crippen LogP contribution in [0.1, 0.15) is 17.3 Å². The molecule has 0 aliphatic heterocycles. The first-order valence-corrected chi connectivity index (χ1v) is 7.89. The second kappa shape index (κ2) is 8.73. The molecule has 0 saturated carbocycles. The van der Waals surface area contributed by atoms with Gasteiger partial charge in [0.1, 0.15) is 11.5 Å². The number of carbonyl (C=O) groups excluding carboxylic acids is 2. The van der Waals surface area contributed by atoms with Crippen molar-refractivity contribution in [3.63, 3.8) is 0 Å². The van der Waals surface area contributed by atoms with Crippen LogP contribution in [-0.2, 0) is 4.79 Å². The van der Waals surface area contributed by atoms with Crippen molar-refractivity contribution in [3.8, 4) is 11.5 Å². The first kappa shape index (κ1) is 18.3. The van der Waals surface area contributed by atoms with Crippen molar-refractivity contribution < 1.29 is 19.1 Å². The number of methoxy groups -OCH3 is 2. The summed E-state index contributed by atoms with van der Waals surface area (Å²) in [5, 5.41) is 2.81. The van der Waals surface area contributed by atoms with E-state index in [4.69, 9.17) is 9.47 Å². The second-order valence-electron chi connectivity index (χ2n) is 5.36. The molecule has 0 spiro atoms. The van der Waals surface area contributed by atoms with Gasteiger partial charge in [0.25, 0.3) is 5.91 Å². The first-order valence-electron chi connectivity index (χ1n) is 7.89. The number of benzene rings is 2. The van der Waals surface area contributed by atoms with Gasteiger partial charge in [0.2, 0.25) is 5.91 Å². The molecule has 2 aromatic carbocycles. The Morgan fingerprint density at radius 3 is 2.28 bits per heavy atom. The van der Waals surface area contributed by atoms with Crippen LogP contribution in [0.15, 0.2) is 48.5 Å². The molecule has 0 heterocycles. The van der Waals surface area contributed by atoms with E-state index in [1.54, 1.807) is 55.5 Å². The number of nitrogens with one attached hydrogen (secondary N) is 1. The minimum Gasteiger partial charge on any atom is -0.497 e. The number of hydrogen-bond acceptors (Lipinski definition) is 4. The normalized spacial score (nSPS) is 10.0. The Hall–Kier alpha value is -3.02. The van der Waals surface area contributed by atoms with E-state index in [1.807, 2.05) is 12.1 Å². The SMILES string of the molecule is COc1ccc(N(CCNC(=O)c2cccc(OC)c2)C(C)=O)cc1. The number of hydrogen-bond donors (Lipinski definition) is 1. The standard InChI is InChI=1S/C19H22N2O4/c1-14(22)21(16-7-9-17(24-2)10-8-16)12-11-20-19(23)15-5-4-6-18(13-15)25-3/h4-10,13H,11-12H2,1-3H3,(H,20,23). The number of carbonyl (C=O) groups is 2. The summed E-state index contributed by atoms with van der Waals surface area (Å²) in [6.45, 7) is 2.20. The highest BCUT2D eigenvalue weighted by Crippen LogP contribution is 2.19. The summed E-state index contributed by atoms with van der Waals surface area (Å²) in [5.41, 5.74) is 1.27. The van der Waals surface area contributed by atoms with Gasteiger partial charge in [0, 0.05) is 31.3 Å². The highest BCUT2D eigenvalue weighted by Gasteiger charge is 2.12. The maximum absolute atomic E-state index is 12.2. The molecule has 0 fully saturated rings. The van der Waals surface area contributed by atoms with E-state index in [2.05, 4.69) is 5.32 Å². The summed E-state index contributed by atoms with van der Waals surface area (Å²) >= 11 is 0. The van der Waals surface area contributed by atoms with Crippen molar-refractivity contribution in [2.45, 2.75) is 6.92 Å². The molecular weight excluding hydrogens is 320 g/mol. The van der Waals surface area contributed by atoms with Crippen LogP contribution >= 0.6 is 0 Å². The number of ether oxygens (including phenoxy) is 2. The van der Waals surface area contributed by atoms with Crippen molar-refractivity contribution in [3.05, 3.63) is 54.1 Å². The summed E-state index contributed by atoms with van der Waals surface area (Å²) in [6, 6.07) is 14.1. The van der Waals surface area contributed by atoms with E-state index < -0.39 is 0 Å². The van der Waals surface area contributed by atoms with Crippen LogP contribution in [0, 0.1) is 0 Å². The fraction of sp³-hybridized carbons (Fsp3) is 0.263. The third kappa shape index (κ3) is 4.97. The molecular formula is C19H22N2O4. The lowest BCUT2D eigenvalue weighted by Crippen LogP contribution is -2.37. The predicted octanol–water partition coefficient (Wildman–Crippen LogP) is 2.49. The van der Waals surface area contributed by atoms with Gasteiger partial charge in [-0.25, -0.2) is 0 Å². The highest BCUT2D eigenvalue weighted by atomic mass is 16.5. The molecule has 0 saturated heterocycles. The Morgan fingerprint density at radius 1 is 1.00 bits per heavy atom. The molecule has 0 radical (unpaired) electrons. The van der Waals surface area contributed by atoms with Gasteiger partial charge in [-0.3, -0.25) is 9.59 Å². The van der Waals surface area contributed by atoms with Gasteiger partial charge in [-0.05, 0) is 42.5 Å². The smallest absolute Gasteiger partial charge is 0.251 e.